The summed E-state index contributed by atoms with van der Waals surface area (Å²) in [7, 11) is 1.91. The first-order valence-corrected chi connectivity index (χ1v) is 8.55. The van der Waals surface area contributed by atoms with Crippen molar-refractivity contribution in [1.29, 1.82) is 0 Å². The van der Waals surface area contributed by atoms with Gasteiger partial charge in [0.1, 0.15) is 0 Å². The highest BCUT2D eigenvalue weighted by molar-refractivity contribution is 5.99. The number of hydrogen-bond donors (Lipinski definition) is 1. The maximum atomic E-state index is 12.9. The summed E-state index contributed by atoms with van der Waals surface area (Å²) in [6.45, 7) is 2.75. The maximum absolute atomic E-state index is 12.9. The molecule has 1 atom stereocenters. The molecule has 128 valence electrons. The second kappa shape index (κ2) is 6.20. The van der Waals surface area contributed by atoms with Gasteiger partial charge in [0.05, 0.1) is 22.9 Å². The Morgan fingerprint density at radius 3 is 2.92 bits per heavy atom. The zero-order chi connectivity index (χ0) is 17.4. The number of hydrogen-bond acceptors (Lipinski definition) is 3. The Balaban J connectivity index is 1.60. The lowest BCUT2D eigenvalue weighted by molar-refractivity contribution is 0.207. The van der Waals surface area contributed by atoms with Crippen LogP contribution in [0.3, 0.4) is 0 Å². The van der Waals surface area contributed by atoms with Gasteiger partial charge in [-0.25, -0.2) is 4.79 Å². The van der Waals surface area contributed by atoms with Crippen LogP contribution < -0.4 is 5.32 Å². The van der Waals surface area contributed by atoms with Gasteiger partial charge < -0.3 is 10.2 Å². The average Bonchev–Trinajstić information content (AvgIpc) is 3.21. The van der Waals surface area contributed by atoms with E-state index in [1.807, 2.05) is 60.1 Å². The molecule has 1 N–H and O–H groups in total. The number of likely N-dealkylation sites (tertiary alicyclic amines) is 1. The Hall–Kier alpha value is -2.89. The highest BCUT2D eigenvalue weighted by atomic mass is 16.2. The number of anilines is 1. The van der Waals surface area contributed by atoms with Crippen molar-refractivity contribution >= 4 is 22.6 Å². The van der Waals surface area contributed by atoms with Crippen molar-refractivity contribution in [2.24, 2.45) is 7.05 Å². The number of nitrogens with zero attached hydrogens (tertiary/aromatic N) is 4. The molecule has 3 heterocycles. The van der Waals surface area contributed by atoms with Crippen molar-refractivity contribution in [2.75, 3.05) is 11.9 Å². The van der Waals surface area contributed by atoms with Crippen molar-refractivity contribution in [3.63, 3.8) is 0 Å². The standard InChI is InChI=1S/C19H21N5O/c1-13-15(12-23(2)22-13)17-9-5-11-24(17)19(25)21-16-8-3-6-14-7-4-10-20-18(14)16/h3-4,6-8,10,12,17H,5,9,11H2,1-2H3,(H,21,25). The summed E-state index contributed by atoms with van der Waals surface area (Å²) in [6.07, 6.45) is 5.73. The number of nitrogens with one attached hydrogen (secondary N) is 1. The van der Waals surface area contributed by atoms with E-state index in [2.05, 4.69) is 15.4 Å². The van der Waals surface area contributed by atoms with Crippen molar-refractivity contribution < 1.29 is 4.79 Å². The third-order valence-corrected chi connectivity index (χ3v) is 4.80. The molecule has 25 heavy (non-hydrogen) atoms. The number of carbonyl (C=O) groups excluding carboxylic acids is 1. The molecule has 1 fully saturated rings. The van der Waals surface area contributed by atoms with Gasteiger partial charge in [0.15, 0.2) is 0 Å². The SMILES string of the molecule is Cc1nn(C)cc1C1CCCN1C(=O)Nc1cccc2cccnc12. The molecule has 3 aromatic rings. The first-order chi connectivity index (χ1) is 12.1. The Labute approximate surface area is 146 Å². The largest absolute Gasteiger partial charge is 0.322 e. The molecule has 6 nitrogen and oxygen atoms in total. The summed E-state index contributed by atoms with van der Waals surface area (Å²) in [6, 6.07) is 9.72. The number of carbonyl (C=O) groups is 1. The number of para-hydroxylation sites is 1. The predicted molar refractivity (Wildman–Crippen MR) is 97.4 cm³/mol. The van der Waals surface area contributed by atoms with Crippen molar-refractivity contribution in [3.8, 4) is 0 Å². The molecule has 0 aliphatic carbocycles. The van der Waals surface area contributed by atoms with Crippen LogP contribution in [-0.2, 0) is 7.05 Å². The fourth-order valence-electron chi connectivity index (χ4n) is 3.67. The summed E-state index contributed by atoms with van der Waals surface area (Å²) in [4.78, 5) is 19.2. The average molecular weight is 335 g/mol. The lowest BCUT2D eigenvalue weighted by Crippen LogP contribution is -2.34. The molecular weight excluding hydrogens is 314 g/mol. The number of amides is 2. The van der Waals surface area contributed by atoms with Gasteiger partial charge in [0.2, 0.25) is 0 Å². The minimum atomic E-state index is -0.0797. The monoisotopic (exact) mass is 335 g/mol. The lowest BCUT2D eigenvalue weighted by atomic mass is 10.1. The molecule has 4 rings (SSSR count). The van der Waals surface area contributed by atoms with E-state index >= 15 is 0 Å². The third-order valence-electron chi connectivity index (χ3n) is 4.80. The van der Waals surface area contributed by atoms with Crippen LogP contribution in [0.15, 0.2) is 42.7 Å². The maximum Gasteiger partial charge on any atom is 0.322 e. The molecular formula is C19H21N5O. The van der Waals surface area contributed by atoms with E-state index in [1.165, 1.54) is 0 Å². The minimum absolute atomic E-state index is 0.0797. The molecule has 1 saturated heterocycles. The fourth-order valence-corrected chi connectivity index (χ4v) is 3.67. The second-order valence-electron chi connectivity index (χ2n) is 6.51. The van der Waals surface area contributed by atoms with E-state index in [0.717, 1.165) is 47.2 Å². The molecule has 1 aliphatic rings. The quantitative estimate of drug-likeness (QED) is 0.777. The molecule has 1 aromatic carbocycles. The van der Waals surface area contributed by atoms with Crippen LogP contribution >= 0.6 is 0 Å². The van der Waals surface area contributed by atoms with Crippen molar-refractivity contribution in [1.82, 2.24) is 19.7 Å². The van der Waals surface area contributed by atoms with Gasteiger partial charge in [-0.05, 0) is 31.9 Å². The fraction of sp³-hybridized carbons (Fsp3) is 0.316. The van der Waals surface area contributed by atoms with E-state index in [4.69, 9.17) is 0 Å². The van der Waals surface area contributed by atoms with E-state index in [-0.39, 0.29) is 12.1 Å². The van der Waals surface area contributed by atoms with Crippen LogP contribution in [0.4, 0.5) is 10.5 Å². The summed E-state index contributed by atoms with van der Waals surface area (Å²) < 4.78 is 1.81. The molecule has 0 saturated carbocycles. The third kappa shape index (κ3) is 2.84. The Morgan fingerprint density at radius 1 is 1.28 bits per heavy atom. The first-order valence-electron chi connectivity index (χ1n) is 8.55. The summed E-state index contributed by atoms with van der Waals surface area (Å²) >= 11 is 0. The van der Waals surface area contributed by atoms with E-state index in [0.29, 0.717) is 0 Å². The van der Waals surface area contributed by atoms with Gasteiger partial charge in [-0.1, -0.05) is 18.2 Å². The van der Waals surface area contributed by atoms with Crippen LogP contribution in [0.2, 0.25) is 0 Å². The molecule has 0 spiro atoms. The van der Waals surface area contributed by atoms with Gasteiger partial charge in [-0.2, -0.15) is 5.10 Å². The smallest absolute Gasteiger partial charge is 0.317 e. The number of urea groups is 1. The molecule has 0 radical (unpaired) electrons. The van der Waals surface area contributed by atoms with E-state index in [1.54, 1.807) is 6.20 Å². The van der Waals surface area contributed by atoms with Gasteiger partial charge in [0, 0.05) is 36.9 Å². The van der Waals surface area contributed by atoms with Crippen LogP contribution in [0.25, 0.3) is 10.9 Å². The highest BCUT2D eigenvalue weighted by Crippen LogP contribution is 2.34. The number of pyridine rings is 1. The van der Waals surface area contributed by atoms with Crippen LogP contribution in [0.1, 0.15) is 30.1 Å². The topological polar surface area (TPSA) is 63.1 Å². The Kier molecular flexibility index (Phi) is 3.87. The molecule has 2 aromatic heterocycles. The predicted octanol–water partition coefficient (Wildman–Crippen LogP) is 3.65. The molecule has 1 unspecified atom stereocenters. The number of benzene rings is 1. The molecule has 2 amide bonds. The van der Waals surface area contributed by atoms with Crippen molar-refractivity contribution in [3.05, 3.63) is 54.0 Å². The zero-order valence-corrected chi connectivity index (χ0v) is 14.4. The number of fused-ring (bicyclic) bond motifs is 1. The second-order valence-corrected chi connectivity index (χ2v) is 6.51. The Morgan fingerprint density at radius 2 is 2.12 bits per heavy atom. The summed E-state index contributed by atoms with van der Waals surface area (Å²) in [5.74, 6) is 0. The van der Waals surface area contributed by atoms with Crippen LogP contribution in [0.5, 0.6) is 0 Å². The minimum Gasteiger partial charge on any atom is -0.317 e. The highest BCUT2D eigenvalue weighted by Gasteiger charge is 2.32. The zero-order valence-electron chi connectivity index (χ0n) is 14.4. The molecule has 6 heteroatoms. The van der Waals surface area contributed by atoms with E-state index < -0.39 is 0 Å². The lowest BCUT2D eigenvalue weighted by Gasteiger charge is -2.25. The molecule has 1 aliphatic heterocycles. The summed E-state index contributed by atoms with van der Waals surface area (Å²) in [5, 5.41) is 8.49. The number of aromatic nitrogens is 3. The van der Waals surface area contributed by atoms with E-state index in [9.17, 15) is 4.79 Å². The van der Waals surface area contributed by atoms with Gasteiger partial charge >= 0.3 is 6.03 Å². The van der Waals surface area contributed by atoms with Crippen molar-refractivity contribution in [2.45, 2.75) is 25.8 Å². The summed E-state index contributed by atoms with van der Waals surface area (Å²) in [5.41, 5.74) is 3.67. The number of rotatable bonds is 2. The van der Waals surface area contributed by atoms with Gasteiger partial charge in [-0.3, -0.25) is 9.67 Å². The normalized spacial score (nSPS) is 17.2. The van der Waals surface area contributed by atoms with Crippen LogP contribution in [-0.4, -0.2) is 32.2 Å². The molecule has 0 bridgehead atoms. The van der Waals surface area contributed by atoms with Gasteiger partial charge in [0.25, 0.3) is 0 Å². The van der Waals surface area contributed by atoms with Gasteiger partial charge in [-0.15, -0.1) is 0 Å². The first kappa shape index (κ1) is 15.6. The van der Waals surface area contributed by atoms with Crippen LogP contribution in [0, 0.1) is 6.92 Å². The Bertz CT molecular complexity index is 927. The number of aryl methyl sites for hydroxylation is 2.